The zero-order chi connectivity index (χ0) is 20.4. The van der Waals surface area contributed by atoms with Gasteiger partial charge in [-0.05, 0) is 45.8 Å². The maximum atomic E-state index is 13.7. The molecule has 4 rings (SSSR count). The van der Waals surface area contributed by atoms with Gasteiger partial charge in [-0.15, -0.1) is 0 Å². The van der Waals surface area contributed by atoms with Crippen molar-refractivity contribution in [3.05, 3.63) is 69.7 Å². The van der Waals surface area contributed by atoms with E-state index in [0.29, 0.717) is 34.1 Å². The number of halogens is 2. The summed E-state index contributed by atoms with van der Waals surface area (Å²) in [5.74, 6) is 1.94. The van der Waals surface area contributed by atoms with E-state index in [-0.39, 0.29) is 6.61 Å². The molecule has 2 aliphatic heterocycles. The highest BCUT2D eigenvalue weighted by atomic mass is 79.9. The van der Waals surface area contributed by atoms with Crippen LogP contribution in [0.5, 0.6) is 11.5 Å². The minimum atomic E-state index is -0.431. The third-order valence-electron chi connectivity index (χ3n) is 4.74. The summed E-state index contributed by atoms with van der Waals surface area (Å²) in [6.07, 6.45) is 1.93. The summed E-state index contributed by atoms with van der Waals surface area (Å²) in [6, 6.07) is 11.8. The largest absolute Gasteiger partial charge is 0.473 e. The molecule has 148 valence electrons. The van der Waals surface area contributed by atoms with E-state index in [1.807, 2.05) is 19.2 Å². The van der Waals surface area contributed by atoms with E-state index in [2.05, 4.69) is 36.8 Å². The Hall–Kier alpha value is -3.05. The third kappa shape index (κ3) is 4.20. The molecule has 29 heavy (non-hydrogen) atoms. The van der Waals surface area contributed by atoms with Gasteiger partial charge >= 0.3 is 0 Å². The number of fused-ring (bicyclic) bond motifs is 1. The number of nitriles is 1. The molecule has 0 aromatic heterocycles. The van der Waals surface area contributed by atoms with E-state index in [1.165, 1.54) is 6.07 Å². The molecule has 0 saturated carbocycles. The lowest BCUT2D eigenvalue weighted by Crippen LogP contribution is -2.27. The first-order valence-corrected chi connectivity index (χ1v) is 9.84. The number of rotatable bonds is 4. The monoisotopic (exact) mass is 456 g/mol. The number of aliphatic imine (C=N–C) groups is 1. The zero-order valence-electron chi connectivity index (χ0n) is 15.7. The van der Waals surface area contributed by atoms with Crippen LogP contribution < -0.4 is 4.74 Å². The van der Waals surface area contributed by atoms with E-state index in [0.717, 1.165) is 24.5 Å². The Balaban J connectivity index is 1.44. The fourth-order valence-corrected chi connectivity index (χ4v) is 3.40. The quantitative estimate of drug-likeness (QED) is 0.688. The lowest BCUT2D eigenvalue weighted by molar-refractivity contribution is 0.279. The zero-order valence-corrected chi connectivity index (χ0v) is 17.3. The standard InChI is InChI=1S/C21H18BrFN4O2/c1-26-6-7-27-13-25-20(10-21(26)27)28-12-14-2-5-19(15(8-14)11-24)29-16-3-4-17(22)18(23)9-16/h2-5,8-10H,6-7,12-13H2,1H3. The number of ether oxygens (including phenoxy) is 2. The SMILES string of the molecule is CN1CCN2CN=C(OCc3ccc(Oc4ccc(Br)c(F)c4)c(C#N)c3)C=C12. The highest BCUT2D eigenvalue weighted by molar-refractivity contribution is 9.10. The molecule has 2 aliphatic rings. The summed E-state index contributed by atoms with van der Waals surface area (Å²) < 4.78 is 25.5. The predicted octanol–water partition coefficient (Wildman–Crippen LogP) is 4.23. The van der Waals surface area contributed by atoms with E-state index >= 15 is 0 Å². The van der Waals surface area contributed by atoms with Gasteiger partial charge in [0, 0.05) is 32.3 Å². The van der Waals surface area contributed by atoms with Crippen molar-refractivity contribution in [2.24, 2.45) is 4.99 Å². The lowest BCUT2D eigenvalue weighted by atomic mass is 10.1. The Morgan fingerprint density at radius 1 is 1.24 bits per heavy atom. The maximum absolute atomic E-state index is 13.7. The molecule has 0 atom stereocenters. The van der Waals surface area contributed by atoms with Gasteiger partial charge < -0.3 is 19.3 Å². The summed E-state index contributed by atoms with van der Waals surface area (Å²) in [7, 11) is 2.05. The smallest absolute Gasteiger partial charge is 0.214 e. The van der Waals surface area contributed by atoms with Crippen molar-refractivity contribution in [2.75, 3.05) is 26.8 Å². The van der Waals surface area contributed by atoms with Gasteiger partial charge in [-0.25, -0.2) is 9.38 Å². The van der Waals surface area contributed by atoms with Gasteiger partial charge in [-0.3, -0.25) is 0 Å². The van der Waals surface area contributed by atoms with Crippen LogP contribution in [0.2, 0.25) is 0 Å². The van der Waals surface area contributed by atoms with Crippen LogP contribution in [-0.2, 0) is 11.3 Å². The van der Waals surface area contributed by atoms with Gasteiger partial charge in [0.25, 0.3) is 0 Å². The van der Waals surface area contributed by atoms with E-state index < -0.39 is 5.82 Å². The van der Waals surface area contributed by atoms with Crippen molar-refractivity contribution >= 4 is 21.8 Å². The summed E-state index contributed by atoms with van der Waals surface area (Å²) in [5, 5.41) is 9.47. The van der Waals surface area contributed by atoms with Crippen LogP contribution in [0.1, 0.15) is 11.1 Å². The summed E-state index contributed by atoms with van der Waals surface area (Å²) >= 11 is 3.10. The predicted molar refractivity (Wildman–Crippen MR) is 110 cm³/mol. The van der Waals surface area contributed by atoms with Crippen LogP contribution >= 0.6 is 15.9 Å². The van der Waals surface area contributed by atoms with Crippen LogP contribution in [0.4, 0.5) is 4.39 Å². The molecule has 0 bridgehead atoms. The van der Waals surface area contributed by atoms with E-state index in [9.17, 15) is 9.65 Å². The molecule has 0 unspecified atom stereocenters. The molecule has 0 aliphatic carbocycles. The summed E-state index contributed by atoms with van der Waals surface area (Å²) in [6.45, 7) is 2.82. The van der Waals surface area contributed by atoms with Crippen molar-refractivity contribution < 1.29 is 13.9 Å². The van der Waals surface area contributed by atoms with Crippen LogP contribution in [0.3, 0.4) is 0 Å². The molecule has 0 amide bonds. The van der Waals surface area contributed by atoms with Gasteiger partial charge in [0.2, 0.25) is 5.90 Å². The molecule has 0 radical (unpaired) electrons. The molecular formula is C21H18BrFN4O2. The van der Waals surface area contributed by atoms with E-state index in [1.54, 1.807) is 24.3 Å². The second-order valence-corrected chi connectivity index (χ2v) is 7.59. The van der Waals surface area contributed by atoms with Crippen molar-refractivity contribution in [2.45, 2.75) is 6.61 Å². The number of likely N-dealkylation sites (N-methyl/N-ethyl adjacent to an activating group) is 1. The molecule has 0 N–H and O–H groups in total. The Kier molecular flexibility index (Phi) is 5.41. The molecule has 2 heterocycles. The first-order chi connectivity index (χ1) is 14.0. The Morgan fingerprint density at radius 3 is 2.90 bits per heavy atom. The van der Waals surface area contributed by atoms with Crippen LogP contribution in [0, 0.1) is 17.1 Å². The number of hydrogen-bond acceptors (Lipinski definition) is 6. The summed E-state index contributed by atoms with van der Waals surface area (Å²) in [4.78, 5) is 8.80. The molecule has 8 heteroatoms. The van der Waals surface area contributed by atoms with Crippen LogP contribution in [-0.4, -0.2) is 42.5 Å². The number of hydrogen-bond donors (Lipinski definition) is 0. The first-order valence-electron chi connectivity index (χ1n) is 9.04. The molecule has 2 aromatic rings. The minimum absolute atomic E-state index is 0.286. The topological polar surface area (TPSA) is 61.1 Å². The summed E-state index contributed by atoms with van der Waals surface area (Å²) in [5.41, 5.74) is 1.17. The van der Waals surface area contributed by atoms with Crippen LogP contribution in [0.15, 0.2) is 57.8 Å². The molecular weight excluding hydrogens is 439 g/mol. The van der Waals surface area contributed by atoms with Gasteiger partial charge in [0.1, 0.15) is 42.5 Å². The average molecular weight is 457 g/mol. The molecule has 1 fully saturated rings. The molecule has 6 nitrogen and oxygen atoms in total. The van der Waals surface area contributed by atoms with Gasteiger partial charge in [-0.2, -0.15) is 5.26 Å². The Labute approximate surface area is 176 Å². The van der Waals surface area contributed by atoms with Crippen molar-refractivity contribution in [1.29, 1.82) is 5.26 Å². The fourth-order valence-electron chi connectivity index (χ4n) is 3.15. The van der Waals surface area contributed by atoms with Crippen molar-refractivity contribution in [3.63, 3.8) is 0 Å². The maximum Gasteiger partial charge on any atom is 0.214 e. The normalized spacial score (nSPS) is 15.4. The Morgan fingerprint density at radius 2 is 2.10 bits per heavy atom. The second kappa shape index (κ2) is 8.13. The Bertz CT molecular complexity index is 1050. The van der Waals surface area contributed by atoms with E-state index in [4.69, 9.17) is 9.47 Å². The number of benzene rings is 2. The van der Waals surface area contributed by atoms with Crippen LogP contribution in [0.25, 0.3) is 0 Å². The second-order valence-electron chi connectivity index (χ2n) is 6.73. The third-order valence-corrected chi connectivity index (χ3v) is 5.38. The highest BCUT2D eigenvalue weighted by Crippen LogP contribution is 2.29. The fraction of sp³-hybridized carbons (Fsp3) is 0.238. The average Bonchev–Trinajstić information content (AvgIpc) is 3.10. The van der Waals surface area contributed by atoms with Gasteiger partial charge in [0.05, 0.1) is 10.0 Å². The van der Waals surface area contributed by atoms with Gasteiger partial charge in [-0.1, -0.05) is 6.07 Å². The molecule has 2 aromatic carbocycles. The minimum Gasteiger partial charge on any atom is -0.473 e. The lowest BCUT2D eigenvalue weighted by Gasteiger charge is -2.24. The molecule has 0 spiro atoms. The first kappa shape index (κ1) is 19.3. The van der Waals surface area contributed by atoms with Crippen molar-refractivity contribution in [3.8, 4) is 17.6 Å². The number of nitrogens with zero attached hydrogens (tertiary/aromatic N) is 4. The van der Waals surface area contributed by atoms with Crippen molar-refractivity contribution in [1.82, 2.24) is 9.80 Å². The van der Waals surface area contributed by atoms with Gasteiger partial charge in [0.15, 0.2) is 0 Å². The molecule has 1 saturated heterocycles. The highest BCUT2D eigenvalue weighted by Gasteiger charge is 2.25.